The zero-order chi connectivity index (χ0) is 16.9. The van der Waals surface area contributed by atoms with Crippen molar-refractivity contribution in [2.75, 3.05) is 0 Å². The van der Waals surface area contributed by atoms with Gasteiger partial charge in [-0.2, -0.15) is 0 Å². The zero-order valence-corrected chi connectivity index (χ0v) is 15.0. The lowest BCUT2D eigenvalue weighted by Gasteiger charge is -2.13. The van der Waals surface area contributed by atoms with Crippen LogP contribution >= 0.6 is 11.3 Å². The van der Waals surface area contributed by atoms with Crippen LogP contribution < -0.4 is 5.32 Å². The first kappa shape index (κ1) is 16.9. The van der Waals surface area contributed by atoms with E-state index < -0.39 is 16.0 Å². The van der Waals surface area contributed by atoms with Crippen molar-refractivity contribution >= 4 is 38.8 Å². The third kappa shape index (κ3) is 3.91. The number of benzene rings is 2. The number of nitrogens with one attached hydrogen (secondary N) is 1. The number of amides is 1. The Morgan fingerprint density at radius 1 is 1.12 bits per heavy atom. The Balaban J connectivity index is 1.66. The fourth-order valence-electron chi connectivity index (χ4n) is 2.55. The SMILES string of the molecule is CC(C(=O)NCc1cccs1)S(=O)Cc1cccc2ccccc12. The second kappa shape index (κ2) is 7.73. The largest absolute Gasteiger partial charge is 0.350 e. The lowest BCUT2D eigenvalue weighted by molar-refractivity contribution is -0.120. The van der Waals surface area contributed by atoms with Gasteiger partial charge in [0.15, 0.2) is 0 Å². The minimum atomic E-state index is -1.26. The van der Waals surface area contributed by atoms with Gasteiger partial charge in [0.25, 0.3) is 0 Å². The molecule has 0 fully saturated rings. The third-order valence-electron chi connectivity index (χ3n) is 3.96. The van der Waals surface area contributed by atoms with Crippen LogP contribution in [0.1, 0.15) is 17.4 Å². The molecule has 1 aromatic heterocycles. The summed E-state index contributed by atoms with van der Waals surface area (Å²) in [6.07, 6.45) is 0. The summed E-state index contributed by atoms with van der Waals surface area (Å²) in [6.45, 7) is 2.22. The van der Waals surface area contributed by atoms with Crippen LogP contribution in [0.5, 0.6) is 0 Å². The topological polar surface area (TPSA) is 46.2 Å². The molecule has 0 saturated carbocycles. The summed E-state index contributed by atoms with van der Waals surface area (Å²) >= 11 is 1.60. The summed E-state index contributed by atoms with van der Waals surface area (Å²) in [6, 6.07) is 18.0. The van der Waals surface area contributed by atoms with Gasteiger partial charge in [-0.05, 0) is 34.7 Å². The van der Waals surface area contributed by atoms with Crippen molar-refractivity contribution < 1.29 is 9.00 Å². The Morgan fingerprint density at radius 2 is 1.92 bits per heavy atom. The molecule has 5 heteroatoms. The maximum atomic E-state index is 12.6. The van der Waals surface area contributed by atoms with Gasteiger partial charge in [-0.3, -0.25) is 9.00 Å². The molecule has 1 N–H and O–H groups in total. The predicted molar refractivity (Wildman–Crippen MR) is 101 cm³/mol. The van der Waals surface area contributed by atoms with Crippen LogP contribution in [-0.2, 0) is 27.9 Å². The van der Waals surface area contributed by atoms with Crippen LogP contribution in [0.25, 0.3) is 10.8 Å². The first-order valence-electron chi connectivity index (χ1n) is 7.79. The Hall–Kier alpha value is -1.98. The van der Waals surface area contributed by atoms with E-state index in [2.05, 4.69) is 5.32 Å². The van der Waals surface area contributed by atoms with E-state index in [9.17, 15) is 9.00 Å². The number of thiophene rings is 1. The van der Waals surface area contributed by atoms with Gasteiger partial charge in [-0.25, -0.2) is 0 Å². The summed E-state index contributed by atoms with van der Waals surface area (Å²) in [5, 5.41) is 6.53. The molecule has 0 bridgehead atoms. The van der Waals surface area contributed by atoms with Crippen LogP contribution in [0.15, 0.2) is 60.0 Å². The van der Waals surface area contributed by atoms with Gasteiger partial charge in [0.05, 0.1) is 6.54 Å². The van der Waals surface area contributed by atoms with E-state index in [1.807, 2.05) is 60.0 Å². The van der Waals surface area contributed by atoms with E-state index in [1.54, 1.807) is 18.3 Å². The van der Waals surface area contributed by atoms with Crippen LogP contribution in [0, 0.1) is 0 Å². The Kier molecular flexibility index (Phi) is 5.43. The summed E-state index contributed by atoms with van der Waals surface area (Å²) in [5.74, 6) is 0.219. The van der Waals surface area contributed by atoms with Crippen LogP contribution in [0.2, 0.25) is 0 Å². The molecule has 3 aromatic rings. The first-order valence-corrected chi connectivity index (χ1v) is 10.1. The highest BCUT2D eigenvalue weighted by Gasteiger charge is 2.20. The molecule has 2 aromatic carbocycles. The van der Waals surface area contributed by atoms with E-state index in [1.165, 1.54) is 0 Å². The summed E-state index contributed by atoms with van der Waals surface area (Å²) in [7, 11) is -1.26. The molecule has 0 saturated heterocycles. The highest BCUT2D eigenvalue weighted by atomic mass is 32.2. The summed E-state index contributed by atoms with van der Waals surface area (Å²) < 4.78 is 12.6. The lowest BCUT2D eigenvalue weighted by atomic mass is 10.1. The normalized spacial score (nSPS) is 13.5. The maximum absolute atomic E-state index is 12.6. The van der Waals surface area contributed by atoms with Crippen molar-refractivity contribution in [3.63, 3.8) is 0 Å². The second-order valence-electron chi connectivity index (χ2n) is 5.60. The van der Waals surface area contributed by atoms with Crippen LogP contribution in [0.3, 0.4) is 0 Å². The molecular weight excluding hydrogens is 338 g/mol. The Bertz CT molecular complexity index is 853. The van der Waals surface area contributed by atoms with E-state index >= 15 is 0 Å². The monoisotopic (exact) mass is 357 g/mol. The number of carbonyl (C=O) groups is 1. The predicted octanol–water partition coefficient (Wildman–Crippen LogP) is 3.85. The lowest BCUT2D eigenvalue weighted by Crippen LogP contribution is -2.35. The standard InChI is InChI=1S/C19H19NO2S2/c1-14(19(21)20-12-17-9-5-11-23-17)24(22)13-16-8-4-7-15-6-2-3-10-18(15)16/h2-11,14H,12-13H2,1H3,(H,20,21). The average Bonchev–Trinajstić information content (AvgIpc) is 3.13. The molecule has 3 nitrogen and oxygen atoms in total. The molecule has 0 radical (unpaired) electrons. The van der Waals surface area contributed by atoms with Crippen molar-refractivity contribution in [3.8, 4) is 0 Å². The van der Waals surface area contributed by atoms with E-state index in [-0.39, 0.29) is 5.91 Å². The smallest absolute Gasteiger partial charge is 0.235 e. The molecule has 1 amide bonds. The van der Waals surface area contributed by atoms with Gasteiger partial charge in [-0.15, -0.1) is 11.3 Å². The third-order valence-corrected chi connectivity index (χ3v) is 6.43. The van der Waals surface area contributed by atoms with Gasteiger partial charge in [0.1, 0.15) is 5.25 Å². The fourth-order valence-corrected chi connectivity index (χ4v) is 4.32. The van der Waals surface area contributed by atoms with Gasteiger partial charge < -0.3 is 5.32 Å². The molecule has 0 aliphatic heterocycles. The average molecular weight is 358 g/mol. The maximum Gasteiger partial charge on any atom is 0.235 e. The van der Waals surface area contributed by atoms with E-state index in [0.717, 1.165) is 21.2 Å². The Morgan fingerprint density at radius 3 is 2.71 bits per heavy atom. The van der Waals surface area contributed by atoms with Gasteiger partial charge >= 0.3 is 0 Å². The molecule has 0 spiro atoms. The highest BCUT2D eigenvalue weighted by Crippen LogP contribution is 2.20. The molecule has 0 aliphatic rings. The molecule has 0 aliphatic carbocycles. The molecule has 124 valence electrons. The van der Waals surface area contributed by atoms with Crippen molar-refractivity contribution in [1.29, 1.82) is 0 Å². The number of fused-ring (bicyclic) bond motifs is 1. The summed E-state index contributed by atoms with van der Waals surface area (Å²) in [4.78, 5) is 13.3. The number of rotatable bonds is 6. The number of hydrogen-bond acceptors (Lipinski definition) is 3. The Labute approximate surface area is 148 Å². The molecular formula is C19H19NO2S2. The minimum absolute atomic E-state index is 0.165. The number of hydrogen-bond donors (Lipinski definition) is 1. The number of carbonyl (C=O) groups excluding carboxylic acids is 1. The molecule has 24 heavy (non-hydrogen) atoms. The quantitative estimate of drug-likeness (QED) is 0.728. The van der Waals surface area contributed by atoms with Gasteiger partial charge in [-0.1, -0.05) is 48.5 Å². The second-order valence-corrected chi connectivity index (χ2v) is 8.39. The summed E-state index contributed by atoms with van der Waals surface area (Å²) in [5.41, 5.74) is 1.02. The van der Waals surface area contributed by atoms with Crippen molar-refractivity contribution in [2.45, 2.75) is 24.5 Å². The highest BCUT2D eigenvalue weighted by molar-refractivity contribution is 7.85. The van der Waals surface area contributed by atoms with E-state index in [0.29, 0.717) is 12.3 Å². The van der Waals surface area contributed by atoms with Crippen molar-refractivity contribution in [3.05, 3.63) is 70.4 Å². The van der Waals surface area contributed by atoms with Gasteiger partial charge in [0, 0.05) is 21.4 Å². The van der Waals surface area contributed by atoms with Crippen LogP contribution in [0.4, 0.5) is 0 Å². The van der Waals surface area contributed by atoms with Gasteiger partial charge in [0.2, 0.25) is 5.91 Å². The van der Waals surface area contributed by atoms with Crippen molar-refractivity contribution in [1.82, 2.24) is 5.32 Å². The zero-order valence-electron chi connectivity index (χ0n) is 13.4. The van der Waals surface area contributed by atoms with Crippen LogP contribution in [-0.4, -0.2) is 15.4 Å². The molecule has 2 atom stereocenters. The molecule has 1 heterocycles. The first-order chi connectivity index (χ1) is 11.6. The van der Waals surface area contributed by atoms with E-state index in [4.69, 9.17) is 0 Å². The molecule has 2 unspecified atom stereocenters. The molecule has 3 rings (SSSR count). The fraction of sp³-hybridized carbons (Fsp3) is 0.211. The minimum Gasteiger partial charge on any atom is -0.350 e. The van der Waals surface area contributed by atoms with Crippen molar-refractivity contribution in [2.24, 2.45) is 0 Å².